The minimum atomic E-state index is 1.04. The Morgan fingerprint density at radius 3 is 2.08 bits per heavy atom. The molecule has 0 aliphatic carbocycles. The third-order valence-electron chi connectivity index (χ3n) is 4.64. The molecule has 5 rings (SSSR count). The van der Waals surface area contributed by atoms with Crippen LogP contribution in [0.15, 0.2) is 91.0 Å². The van der Waals surface area contributed by atoms with E-state index in [0.717, 1.165) is 11.0 Å². The molecule has 0 radical (unpaired) electrons. The number of aromatic nitrogens is 1. The molecule has 0 amide bonds. The molecule has 24 heavy (non-hydrogen) atoms. The lowest BCUT2D eigenvalue weighted by Crippen LogP contribution is -1.90. The van der Waals surface area contributed by atoms with E-state index in [-0.39, 0.29) is 0 Å². The normalized spacial score (nSPS) is 11.3. The lowest BCUT2D eigenvalue weighted by molar-refractivity contribution is 1.51. The van der Waals surface area contributed by atoms with Gasteiger partial charge in [-0.25, -0.2) is 4.98 Å². The number of hydrogen-bond donors (Lipinski definition) is 0. The van der Waals surface area contributed by atoms with Gasteiger partial charge in [-0.1, -0.05) is 84.9 Å². The molecule has 0 saturated heterocycles. The van der Waals surface area contributed by atoms with Crippen LogP contribution in [0.25, 0.3) is 43.7 Å². The molecule has 0 spiro atoms. The third-order valence-corrected chi connectivity index (χ3v) is 4.64. The van der Waals surface area contributed by atoms with Crippen LogP contribution in [0.5, 0.6) is 0 Å². The summed E-state index contributed by atoms with van der Waals surface area (Å²) in [7, 11) is 0. The van der Waals surface area contributed by atoms with Gasteiger partial charge in [-0.15, -0.1) is 0 Å². The molecule has 0 aliphatic rings. The van der Waals surface area contributed by atoms with Gasteiger partial charge in [0.25, 0.3) is 0 Å². The fourth-order valence-electron chi connectivity index (χ4n) is 3.54. The van der Waals surface area contributed by atoms with E-state index in [2.05, 4.69) is 91.0 Å². The number of fused-ring (bicyclic) bond motifs is 4. The molecule has 4 aromatic carbocycles. The van der Waals surface area contributed by atoms with Crippen molar-refractivity contribution in [2.45, 2.75) is 0 Å². The summed E-state index contributed by atoms with van der Waals surface area (Å²) in [5, 5.41) is 4.84. The Bertz CT molecular complexity index is 1190. The Balaban J connectivity index is 2.05. The van der Waals surface area contributed by atoms with Crippen LogP contribution in [0.2, 0.25) is 0 Å². The largest absolute Gasteiger partial charge is 0.247 e. The topological polar surface area (TPSA) is 12.9 Å². The van der Waals surface area contributed by atoms with Crippen LogP contribution in [0.3, 0.4) is 0 Å². The van der Waals surface area contributed by atoms with E-state index in [4.69, 9.17) is 4.98 Å². The summed E-state index contributed by atoms with van der Waals surface area (Å²) in [4.78, 5) is 4.99. The summed E-state index contributed by atoms with van der Waals surface area (Å²) < 4.78 is 0. The molecule has 5 aromatic rings. The van der Waals surface area contributed by atoms with E-state index >= 15 is 0 Å². The highest BCUT2D eigenvalue weighted by atomic mass is 14.7. The summed E-state index contributed by atoms with van der Waals surface area (Å²) in [6.45, 7) is 0. The van der Waals surface area contributed by atoms with Gasteiger partial charge in [-0.2, -0.15) is 0 Å². The van der Waals surface area contributed by atoms with Crippen LogP contribution in [0.1, 0.15) is 0 Å². The highest BCUT2D eigenvalue weighted by Gasteiger charge is 2.12. The van der Waals surface area contributed by atoms with E-state index in [1.165, 1.54) is 32.7 Å². The van der Waals surface area contributed by atoms with Gasteiger partial charge in [0.05, 0.1) is 11.0 Å². The molecule has 0 atom stereocenters. The minimum absolute atomic E-state index is 1.04. The van der Waals surface area contributed by atoms with Gasteiger partial charge >= 0.3 is 0 Å². The fourth-order valence-corrected chi connectivity index (χ4v) is 3.54. The first-order chi connectivity index (χ1) is 11.9. The SMILES string of the molecule is c1ccc(-c2c3ccccc3nc3c2ccc2ccccc23)cc1. The number of hydrogen-bond acceptors (Lipinski definition) is 1. The summed E-state index contributed by atoms with van der Waals surface area (Å²) in [6, 6.07) is 31.9. The maximum absolute atomic E-state index is 4.99. The van der Waals surface area contributed by atoms with E-state index in [1.807, 2.05) is 0 Å². The van der Waals surface area contributed by atoms with E-state index in [0.29, 0.717) is 0 Å². The Labute approximate surface area is 140 Å². The van der Waals surface area contributed by atoms with Crippen molar-refractivity contribution in [3.8, 4) is 11.1 Å². The van der Waals surface area contributed by atoms with Crippen molar-refractivity contribution in [3.63, 3.8) is 0 Å². The quantitative estimate of drug-likeness (QED) is 0.265. The van der Waals surface area contributed by atoms with E-state index in [1.54, 1.807) is 0 Å². The standard InChI is InChI=1S/C23H15N/c1-2-9-17(10-3-1)22-19-12-6-7-13-21(19)24-23-18-11-5-4-8-16(18)14-15-20(22)23/h1-15H. The Morgan fingerprint density at radius 1 is 0.500 bits per heavy atom. The Hall–Kier alpha value is -3.19. The maximum Gasteiger partial charge on any atom is 0.0794 e. The third kappa shape index (κ3) is 1.92. The zero-order valence-corrected chi connectivity index (χ0v) is 13.1. The van der Waals surface area contributed by atoms with E-state index in [9.17, 15) is 0 Å². The van der Waals surface area contributed by atoms with Crippen molar-refractivity contribution in [3.05, 3.63) is 91.0 Å². The highest BCUT2D eigenvalue weighted by molar-refractivity contribution is 6.16. The van der Waals surface area contributed by atoms with Crippen molar-refractivity contribution in [2.24, 2.45) is 0 Å². The molecule has 0 bridgehead atoms. The van der Waals surface area contributed by atoms with Gasteiger partial charge in [-0.05, 0) is 17.0 Å². The molecule has 0 N–H and O–H groups in total. The van der Waals surface area contributed by atoms with E-state index < -0.39 is 0 Å². The van der Waals surface area contributed by atoms with Crippen LogP contribution in [-0.2, 0) is 0 Å². The van der Waals surface area contributed by atoms with Crippen molar-refractivity contribution < 1.29 is 0 Å². The maximum atomic E-state index is 4.99. The zero-order chi connectivity index (χ0) is 15.9. The molecular weight excluding hydrogens is 290 g/mol. The zero-order valence-electron chi connectivity index (χ0n) is 13.1. The summed E-state index contributed by atoms with van der Waals surface area (Å²) >= 11 is 0. The average Bonchev–Trinajstić information content (AvgIpc) is 2.67. The molecule has 0 unspecified atom stereocenters. The molecule has 1 nitrogen and oxygen atoms in total. The second-order valence-corrected chi connectivity index (χ2v) is 6.05. The predicted molar refractivity (Wildman–Crippen MR) is 102 cm³/mol. The van der Waals surface area contributed by atoms with Crippen molar-refractivity contribution in [1.82, 2.24) is 4.98 Å². The molecule has 0 saturated carbocycles. The molecule has 1 aromatic heterocycles. The van der Waals surface area contributed by atoms with Gasteiger partial charge < -0.3 is 0 Å². The van der Waals surface area contributed by atoms with Crippen LogP contribution in [-0.4, -0.2) is 4.98 Å². The van der Waals surface area contributed by atoms with Crippen molar-refractivity contribution in [1.29, 1.82) is 0 Å². The molecule has 1 heteroatoms. The number of rotatable bonds is 1. The predicted octanol–water partition coefficient (Wildman–Crippen LogP) is 6.21. The number of benzene rings is 4. The first-order valence-electron chi connectivity index (χ1n) is 8.17. The fraction of sp³-hybridized carbons (Fsp3) is 0. The van der Waals surface area contributed by atoms with Crippen LogP contribution < -0.4 is 0 Å². The lowest BCUT2D eigenvalue weighted by atomic mass is 9.94. The summed E-state index contributed by atoms with van der Waals surface area (Å²) in [5.74, 6) is 0. The monoisotopic (exact) mass is 305 g/mol. The van der Waals surface area contributed by atoms with Crippen LogP contribution in [0, 0.1) is 0 Å². The Morgan fingerprint density at radius 2 is 1.21 bits per heavy atom. The smallest absolute Gasteiger partial charge is 0.0794 e. The number of para-hydroxylation sites is 1. The van der Waals surface area contributed by atoms with Gasteiger partial charge in [-0.3, -0.25) is 0 Å². The summed E-state index contributed by atoms with van der Waals surface area (Å²) in [5.41, 5.74) is 4.61. The van der Waals surface area contributed by atoms with Gasteiger partial charge in [0.1, 0.15) is 0 Å². The van der Waals surface area contributed by atoms with Crippen molar-refractivity contribution >= 4 is 32.6 Å². The number of nitrogens with zero attached hydrogens (tertiary/aromatic N) is 1. The molecule has 112 valence electrons. The first kappa shape index (κ1) is 13.3. The first-order valence-corrected chi connectivity index (χ1v) is 8.17. The Kier molecular flexibility index (Phi) is 2.86. The highest BCUT2D eigenvalue weighted by Crippen LogP contribution is 2.37. The number of pyridine rings is 1. The molecular formula is C23H15N. The van der Waals surface area contributed by atoms with Gasteiger partial charge in [0, 0.05) is 21.7 Å². The minimum Gasteiger partial charge on any atom is -0.247 e. The molecule has 0 aliphatic heterocycles. The average molecular weight is 305 g/mol. The van der Waals surface area contributed by atoms with Crippen LogP contribution in [0.4, 0.5) is 0 Å². The lowest BCUT2D eigenvalue weighted by Gasteiger charge is -2.13. The molecule has 0 fully saturated rings. The van der Waals surface area contributed by atoms with Gasteiger partial charge in [0.15, 0.2) is 0 Å². The molecule has 1 heterocycles. The van der Waals surface area contributed by atoms with Crippen LogP contribution >= 0.6 is 0 Å². The second-order valence-electron chi connectivity index (χ2n) is 6.05. The second kappa shape index (κ2) is 5.17. The van der Waals surface area contributed by atoms with Crippen molar-refractivity contribution in [2.75, 3.05) is 0 Å². The summed E-state index contributed by atoms with van der Waals surface area (Å²) in [6.07, 6.45) is 0. The van der Waals surface area contributed by atoms with Gasteiger partial charge in [0.2, 0.25) is 0 Å².